The summed E-state index contributed by atoms with van der Waals surface area (Å²) in [4.78, 5) is 2.30. The third-order valence-electron chi connectivity index (χ3n) is 2.90. The summed E-state index contributed by atoms with van der Waals surface area (Å²) in [5.41, 5.74) is 0.679. The Balaban J connectivity index is 1.98. The zero-order chi connectivity index (χ0) is 11.0. The van der Waals surface area contributed by atoms with E-state index in [-0.39, 0.29) is 0 Å². The molecule has 0 spiro atoms. The van der Waals surface area contributed by atoms with Crippen molar-refractivity contribution in [2.75, 3.05) is 16.8 Å². The number of alkyl halides is 1. The average Bonchev–Trinajstić information content (AvgIpc) is 2.96. The molecular formula is C9H11BrN6. The van der Waals surface area contributed by atoms with Crippen molar-refractivity contribution in [1.82, 2.24) is 25.3 Å². The predicted molar refractivity (Wildman–Crippen MR) is 62.7 cm³/mol. The maximum absolute atomic E-state index is 4.40. The topological polar surface area (TPSA) is 59.2 Å². The van der Waals surface area contributed by atoms with E-state index in [1.165, 1.54) is 17.5 Å². The first kappa shape index (κ1) is 9.95. The minimum Gasteiger partial charge on any atom is -0.351 e. The molecule has 1 aliphatic rings. The highest BCUT2D eigenvalue weighted by molar-refractivity contribution is 9.09. The van der Waals surface area contributed by atoms with Gasteiger partial charge in [-0.2, -0.15) is 0 Å². The summed E-state index contributed by atoms with van der Waals surface area (Å²) in [6.45, 7) is 1.05. The molecule has 3 rings (SSSR count). The zero-order valence-electron chi connectivity index (χ0n) is 8.62. The Hall–Kier alpha value is -1.24. The molecule has 1 atom stereocenters. The van der Waals surface area contributed by atoms with Crippen molar-refractivity contribution in [3.63, 3.8) is 0 Å². The van der Waals surface area contributed by atoms with Crippen molar-refractivity contribution in [3.05, 3.63) is 12.1 Å². The number of anilines is 1. The third-order valence-corrected chi connectivity index (χ3v) is 3.65. The summed E-state index contributed by atoms with van der Waals surface area (Å²) >= 11 is 3.54. The molecule has 1 fully saturated rings. The fourth-order valence-corrected chi connectivity index (χ4v) is 2.76. The lowest BCUT2D eigenvalue weighted by molar-refractivity contribution is 0.694. The van der Waals surface area contributed by atoms with E-state index in [2.05, 4.69) is 41.5 Å². The fraction of sp³-hybridized carbons (Fsp3) is 0.556. The van der Waals surface area contributed by atoms with E-state index >= 15 is 0 Å². The Morgan fingerprint density at radius 2 is 2.38 bits per heavy atom. The molecule has 1 aliphatic heterocycles. The molecule has 84 valence electrons. The Labute approximate surface area is 101 Å². The maximum atomic E-state index is 4.40. The van der Waals surface area contributed by atoms with Gasteiger partial charge in [0.25, 0.3) is 0 Å². The van der Waals surface area contributed by atoms with Crippen LogP contribution in [0.1, 0.15) is 12.8 Å². The fourth-order valence-electron chi connectivity index (χ4n) is 2.09. The first-order chi connectivity index (χ1) is 7.88. The number of tetrazole rings is 1. The molecule has 2 aromatic heterocycles. The van der Waals surface area contributed by atoms with Gasteiger partial charge in [-0.05, 0) is 35.4 Å². The number of nitrogens with zero attached hydrogens (tertiary/aromatic N) is 6. The van der Waals surface area contributed by atoms with Crippen LogP contribution in [-0.4, -0.2) is 43.2 Å². The van der Waals surface area contributed by atoms with Crippen LogP contribution < -0.4 is 4.90 Å². The second-order valence-corrected chi connectivity index (χ2v) is 4.51. The van der Waals surface area contributed by atoms with E-state index < -0.39 is 0 Å². The summed E-state index contributed by atoms with van der Waals surface area (Å²) in [6.07, 6.45) is 2.42. The Kier molecular flexibility index (Phi) is 2.47. The van der Waals surface area contributed by atoms with Crippen LogP contribution in [0.4, 0.5) is 5.82 Å². The first-order valence-corrected chi connectivity index (χ1v) is 6.38. The van der Waals surface area contributed by atoms with E-state index in [0.717, 1.165) is 17.7 Å². The molecule has 6 nitrogen and oxygen atoms in total. The minimum atomic E-state index is 0.529. The third kappa shape index (κ3) is 1.55. The van der Waals surface area contributed by atoms with Crippen LogP contribution in [0.2, 0.25) is 0 Å². The lowest BCUT2D eigenvalue weighted by Crippen LogP contribution is -2.31. The van der Waals surface area contributed by atoms with Crippen molar-refractivity contribution >= 4 is 27.4 Å². The zero-order valence-corrected chi connectivity index (χ0v) is 10.2. The summed E-state index contributed by atoms with van der Waals surface area (Å²) in [6, 6.07) is 4.40. The summed E-state index contributed by atoms with van der Waals surface area (Å²) in [7, 11) is 0. The summed E-state index contributed by atoms with van der Waals surface area (Å²) < 4.78 is 1.47. The molecule has 1 unspecified atom stereocenters. The highest BCUT2D eigenvalue weighted by Gasteiger charge is 2.24. The van der Waals surface area contributed by atoms with Crippen LogP contribution in [0.15, 0.2) is 12.1 Å². The normalized spacial score (nSPS) is 20.8. The van der Waals surface area contributed by atoms with Crippen LogP contribution in [0, 0.1) is 0 Å². The largest absolute Gasteiger partial charge is 0.351 e. The van der Waals surface area contributed by atoms with Crippen molar-refractivity contribution in [1.29, 1.82) is 0 Å². The molecule has 0 aliphatic carbocycles. The van der Waals surface area contributed by atoms with Gasteiger partial charge >= 0.3 is 0 Å². The average molecular weight is 283 g/mol. The smallest absolute Gasteiger partial charge is 0.200 e. The van der Waals surface area contributed by atoms with Gasteiger partial charge in [-0.25, -0.2) is 0 Å². The molecular weight excluding hydrogens is 272 g/mol. The van der Waals surface area contributed by atoms with Crippen molar-refractivity contribution < 1.29 is 0 Å². The number of halogens is 1. The summed E-state index contributed by atoms with van der Waals surface area (Å²) in [5.74, 6) is 0.946. The van der Waals surface area contributed by atoms with Crippen LogP contribution in [0.25, 0.3) is 5.65 Å². The van der Waals surface area contributed by atoms with Crippen LogP contribution in [-0.2, 0) is 0 Å². The number of aromatic nitrogens is 5. The van der Waals surface area contributed by atoms with Crippen LogP contribution in [0.5, 0.6) is 0 Å². The molecule has 2 aromatic rings. The van der Waals surface area contributed by atoms with E-state index in [9.17, 15) is 0 Å². The van der Waals surface area contributed by atoms with E-state index in [0.29, 0.717) is 11.7 Å². The maximum Gasteiger partial charge on any atom is 0.200 e. The quantitative estimate of drug-likeness (QED) is 0.766. The number of rotatable bonds is 2. The highest BCUT2D eigenvalue weighted by atomic mass is 79.9. The van der Waals surface area contributed by atoms with Crippen molar-refractivity contribution in [3.8, 4) is 0 Å². The Morgan fingerprint density at radius 1 is 1.44 bits per heavy atom. The molecule has 16 heavy (non-hydrogen) atoms. The van der Waals surface area contributed by atoms with Gasteiger partial charge in [0, 0.05) is 17.9 Å². The van der Waals surface area contributed by atoms with Crippen molar-refractivity contribution in [2.24, 2.45) is 0 Å². The highest BCUT2D eigenvalue weighted by Crippen LogP contribution is 2.24. The number of hydrogen-bond acceptors (Lipinski definition) is 5. The minimum absolute atomic E-state index is 0.529. The van der Waals surface area contributed by atoms with Crippen LogP contribution in [0.3, 0.4) is 0 Å². The van der Waals surface area contributed by atoms with E-state index in [1.54, 1.807) is 0 Å². The Bertz CT molecular complexity index is 497. The standard InChI is InChI=1S/C9H11BrN6/c10-6-7-2-1-5-15(7)9-4-3-8-11-13-14-16(8)12-9/h3-4,7H,1-2,5-6H2. The molecule has 0 amide bonds. The van der Waals surface area contributed by atoms with Gasteiger partial charge in [0.1, 0.15) is 0 Å². The van der Waals surface area contributed by atoms with Gasteiger partial charge in [0.2, 0.25) is 0 Å². The molecule has 1 saturated heterocycles. The van der Waals surface area contributed by atoms with E-state index in [1.807, 2.05) is 12.1 Å². The van der Waals surface area contributed by atoms with Gasteiger partial charge in [-0.3, -0.25) is 0 Å². The first-order valence-electron chi connectivity index (χ1n) is 5.26. The number of fused-ring (bicyclic) bond motifs is 1. The number of hydrogen-bond donors (Lipinski definition) is 0. The van der Waals surface area contributed by atoms with Gasteiger partial charge in [-0.1, -0.05) is 15.9 Å². The molecule has 0 aromatic carbocycles. The Morgan fingerprint density at radius 3 is 3.25 bits per heavy atom. The summed E-state index contributed by atoms with van der Waals surface area (Å²) in [5, 5.41) is 16.6. The second kappa shape index (κ2) is 3.97. The molecule has 3 heterocycles. The van der Waals surface area contributed by atoms with E-state index in [4.69, 9.17) is 0 Å². The predicted octanol–water partition coefficient (Wildman–Crippen LogP) is 0.883. The molecule has 0 saturated carbocycles. The van der Waals surface area contributed by atoms with Gasteiger partial charge in [-0.15, -0.1) is 14.8 Å². The van der Waals surface area contributed by atoms with Gasteiger partial charge < -0.3 is 4.90 Å². The molecule has 0 bridgehead atoms. The SMILES string of the molecule is BrCC1CCCN1c1ccc2nnnn2n1. The lowest BCUT2D eigenvalue weighted by atomic mass is 10.2. The van der Waals surface area contributed by atoms with Gasteiger partial charge in [0.05, 0.1) is 0 Å². The van der Waals surface area contributed by atoms with Crippen molar-refractivity contribution in [2.45, 2.75) is 18.9 Å². The monoisotopic (exact) mass is 282 g/mol. The molecule has 0 N–H and O–H groups in total. The second-order valence-electron chi connectivity index (χ2n) is 3.86. The van der Waals surface area contributed by atoms with Gasteiger partial charge in [0.15, 0.2) is 11.5 Å². The molecule has 0 radical (unpaired) electrons. The lowest BCUT2D eigenvalue weighted by Gasteiger charge is -2.23. The van der Waals surface area contributed by atoms with Crippen LogP contribution >= 0.6 is 15.9 Å². The molecule has 7 heteroatoms.